The molecule has 0 saturated carbocycles. The van der Waals surface area contributed by atoms with Crippen molar-refractivity contribution in [2.24, 2.45) is 5.73 Å². The fourth-order valence-corrected chi connectivity index (χ4v) is 3.31. The van der Waals surface area contributed by atoms with Gasteiger partial charge in [0.25, 0.3) is 0 Å². The Bertz CT molecular complexity index is 614. The molecule has 0 spiro atoms. The second kappa shape index (κ2) is 6.06. The van der Waals surface area contributed by atoms with Crippen molar-refractivity contribution < 1.29 is 4.39 Å². The standard InChI is InChI=1S/C17H19BrFN/c1-10-6-11(2)15(12(3)7-10)9-17(20)14-5-4-13(19)8-16(14)18/h4-8,17H,9,20H2,1-3H3. The van der Waals surface area contributed by atoms with Gasteiger partial charge in [0.2, 0.25) is 0 Å². The summed E-state index contributed by atoms with van der Waals surface area (Å²) in [7, 11) is 0. The highest BCUT2D eigenvalue weighted by molar-refractivity contribution is 9.10. The molecule has 2 aromatic rings. The average Bonchev–Trinajstić information content (AvgIpc) is 2.33. The molecule has 2 N–H and O–H groups in total. The summed E-state index contributed by atoms with van der Waals surface area (Å²) in [5, 5.41) is 0. The molecule has 0 saturated heterocycles. The first-order valence-electron chi connectivity index (χ1n) is 6.65. The SMILES string of the molecule is Cc1cc(C)c(CC(N)c2ccc(F)cc2Br)c(C)c1. The third kappa shape index (κ3) is 3.28. The summed E-state index contributed by atoms with van der Waals surface area (Å²) in [6, 6.07) is 8.87. The maximum Gasteiger partial charge on any atom is 0.124 e. The van der Waals surface area contributed by atoms with Crippen molar-refractivity contribution in [1.29, 1.82) is 0 Å². The zero-order valence-electron chi connectivity index (χ0n) is 12.0. The van der Waals surface area contributed by atoms with E-state index in [1.54, 1.807) is 6.07 Å². The predicted molar refractivity (Wildman–Crippen MR) is 85.4 cm³/mol. The van der Waals surface area contributed by atoms with E-state index >= 15 is 0 Å². The van der Waals surface area contributed by atoms with Crippen molar-refractivity contribution in [3.05, 3.63) is 68.4 Å². The largest absolute Gasteiger partial charge is 0.324 e. The third-order valence-electron chi connectivity index (χ3n) is 3.63. The van der Waals surface area contributed by atoms with Crippen LogP contribution >= 0.6 is 15.9 Å². The summed E-state index contributed by atoms with van der Waals surface area (Å²) in [6.45, 7) is 6.32. The first kappa shape index (κ1) is 15.2. The minimum absolute atomic E-state index is 0.148. The van der Waals surface area contributed by atoms with E-state index in [0.717, 1.165) is 16.5 Å². The molecule has 1 nitrogen and oxygen atoms in total. The van der Waals surface area contributed by atoms with Crippen LogP contribution in [0.3, 0.4) is 0 Å². The monoisotopic (exact) mass is 335 g/mol. The van der Waals surface area contributed by atoms with Crippen molar-refractivity contribution in [2.45, 2.75) is 33.2 Å². The van der Waals surface area contributed by atoms with Gasteiger partial charge in [0.1, 0.15) is 5.82 Å². The van der Waals surface area contributed by atoms with E-state index in [1.807, 2.05) is 0 Å². The van der Waals surface area contributed by atoms with E-state index in [2.05, 4.69) is 48.8 Å². The molecule has 0 aliphatic heterocycles. The lowest BCUT2D eigenvalue weighted by Crippen LogP contribution is -2.15. The van der Waals surface area contributed by atoms with Crippen molar-refractivity contribution in [2.75, 3.05) is 0 Å². The Morgan fingerprint density at radius 1 is 1.10 bits per heavy atom. The molecule has 1 atom stereocenters. The summed E-state index contributed by atoms with van der Waals surface area (Å²) in [5.41, 5.74) is 12.3. The van der Waals surface area contributed by atoms with E-state index in [9.17, 15) is 4.39 Å². The maximum absolute atomic E-state index is 13.1. The predicted octanol–water partition coefficient (Wildman–Crippen LogP) is 4.76. The maximum atomic E-state index is 13.1. The Kier molecular flexibility index (Phi) is 4.61. The lowest BCUT2D eigenvalue weighted by molar-refractivity contribution is 0.622. The topological polar surface area (TPSA) is 26.0 Å². The van der Waals surface area contributed by atoms with Crippen molar-refractivity contribution in [1.82, 2.24) is 0 Å². The molecule has 0 aromatic heterocycles. The number of benzene rings is 2. The van der Waals surface area contributed by atoms with E-state index < -0.39 is 0 Å². The lowest BCUT2D eigenvalue weighted by Gasteiger charge is -2.18. The average molecular weight is 336 g/mol. The normalized spacial score (nSPS) is 12.5. The Hall–Kier alpha value is -1.19. The Morgan fingerprint density at radius 2 is 1.70 bits per heavy atom. The van der Waals surface area contributed by atoms with Gasteiger partial charge in [-0.1, -0.05) is 39.7 Å². The van der Waals surface area contributed by atoms with E-state index in [4.69, 9.17) is 5.73 Å². The van der Waals surface area contributed by atoms with Crippen LogP contribution in [-0.4, -0.2) is 0 Å². The van der Waals surface area contributed by atoms with Gasteiger partial charge in [0.15, 0.2) is 0 Å². The first-order valence-corrected chi connectivity index (χ1v) is 7.45. The molecule has 0 bridgehead atoms. The van der Waals surface area contributed by atoms with Crippen molar-refractivity contribution in [3.8, 4) is 0 Å². The third-order valence-corrected chi connectivity index (χ3v) is 4.31. The van der Waals surface area contributed by atoms with Crippen LogP contribution in [0.15, 0.2) is 34.8 Å². The summed E-state index contributed by atoms with van der Waals surface area (Å²) in [5.74, 6) is -0.254. The molecule has 1 unspecified atom stereocenters. The molecule has 0 heterocycles. The zero-order valence-corrected chi connectivity index (χ0v) is 13.6. The fraction of sp³-hybridized carbons (Fsp3) is 0.294. The summed E-state index contributed by atoms with van der Waals surface area (Å²) in [4.78, 5) is 0. The van der Waals surface area contributed by atoms with Crippen LogP contribution in [0.25, 0.3) is 0 Å². The molecular weight excluding hydrogens is 317 g/mol. The van der Waals surface area contributed by atoms with Gasteiger partial charge in [-0.3, -0.25) is 0 Å². The van der Waals surface area contributed by atoms with Gasteiger partial charge in [0.05, 0.1) is 0 Å². The van der Waals surface area contributed by atoms with Crippen LogP contribution in [-0.2, 0) is 6.42 Å². The molecule has 2 aromatic carbocycles. The molecule has 0 aliphatic rings. The molecule has 20 heavy (non-hydrogen) atoms. The number of nitrogens with two attached hydrogens (primary N) is 1. The van der Waals surface area contributed by atoms with Gasteiger partial charge in [-0.15, -0.1) is 0 Å². The molecular formula is C17H19BrFN. The van der Waals surface area contributed by atoms with Crippen molar-refractivity contribution in [3.63, 3.8) is 0 Å². The van der Waals surface area contributed by atoms with Crippen LogP contribution in [0.1, 0.15) is 33.9 Å². The van der Waals surface area contributed by atoms with Gasteiger partial charge in [-0.25, -0.2) is 4.39 Å². The molecule has 0 amide bonds. The first-order chi connectivity index (χ1) is 9.38. The number of hydrogen-bond acceptors (Lipinski definition) is 1. The van der Waals surface area contributed by atoms with Crippen LogP contribution < -0.4 is 5.73 Å². The molecule has 0 aliphatic carbocycles. The highest BCUT2D eigenvalue weighted by atomic mass is 79.9. The minimum atomic E-state index is -0.254. The van der Waals surface area contributed by atoms with Gasteiger partial charge in [-0.2, -0.15) is 0 Å². The second-order valence-corrected chi connectivity index (χ2v) is 6.21. The summed E-state index contributed by atoms with van der Waals surface area (Å²) < 4.78 is 13.9. The number of hydrogen-bond donors (Lipinski definition) is 1. The lowest BCUT2D eigenvalue weighted by atomic mass is 9.92. The Morgan fingerprint density at radius 3 is 2.25 bits per heavy atom. The highest BCUT2D eigenvalue weighted by Gasteiger charge is 2.14. The molecule has 0 radical (unpaired) electrons. The molecule has 3 heteroatoms. The Balaban J connectivity index is 2.30. The van der Waals surface area contributed by atoms with Crippen LogP contribution in [0.5, 0.6) is 0 Å². The smallest absolute Gasteiger partial charge is 0.124 e. The van der Waals surface area contributed by atoms with E-state index in [1.165, 1.54) is 34.4 Å². The number of halogens is 2. The van der Waals surface area contributed by atoms with E-state index in [0.29, 0.717) is 0 Å². The van der Waals surface area contributed by atoms with Crippen LogP contribution in [0, 0.1) is 26.6 Å². The fourth-order valence-electron chi connectivity index (χ4n) is 2.66. The zero-order chi connectivity index (χ0) is 14.9. The highest BCUT2D eigenvalue weighted by Crippen LogP contribution is 2.27. The number of aryl methyl sites for hydroxylation is 3. The van der Waals surface area contributed by atoms with Gasteiger partial charge in [-0.05, 0) is 61.6 Å². The van der Waals surface area contributed by atoms with Gasteiger partial charge >= 0.3 is 0 Å². The van der Waals surface area contributed by atoms with Crippen LogP contribution in [0.4, 0.5) is 4.39 Å². The van der Waals surface area contributed by atoms with Gasteiger partial charge < -0.3 is 5.73 Å². The second-order valence-electron chi connectivity index (χ2n) is 5.35. The van der Waals surface area contributed by atoms with E-state index in [-0.39, 0.29) is 11.9 Å². The van der Waals surface area contributed by atoms with Gasteiger partial charge in [0, 0.05) is 10.5 Å². The number of rotatable bonds is 3. The minimum Gasteiger partial charge on any atom is -0.324 e. The molecule has 2 rings (SSSR count). The summed E-state index contributed by atoms with van der Waals surface area (Å²) in [6.07, 6.45) is 0.752. The van der Waals surface area contributed by atoms with Crippen LogP contribution in [0.2, 0.25) is 0 Å². The quantitative estimate of drug-likeness (QED) is 0.860. The molecule has 0 fully saturated rings. The van der Waals surface area contributed by atoms with Crippen molar-refractivity contribution >= 4 is 15.9 Å². The summed E-state index contributed by atoms with van der Waals surface area (Å²) >= 11 is 3.39. The molecule has 106 valence electrons. The Labute approximate surface area is 128 Å².